The summed E-state index contributed by atoms with van der Waals surface area (Å²) in [6.07, 6.45) is 1.07. The molecule has 3 N–H and O–H groups in total. The topological polar surface area (TPSA) is 105 Å². The van der Waals surface area contributed by atoms with Crippen molar-refractivity contribution in [3.8, 4) is 0 Å². The summed E-state index contributed by atoms with van der Waals surface area (Å²) in [5.41, 5.74) is 5.55. The Hall–Kier alpha value is -1.35. The fourth-order valence-corrected chi connectivity index (χ4v) is 3.61. The Bertz CT molecular complexity index is 538. The number of carbonyl (C=O) groups excluding carboxylic acids is 1. The fourth-order valence-electron chi connectivity index (χ4n) is 1.42. The van der Waals surface area contributed by atoms with Gasteiger partial charge in [-0.25, -0.2) is 8.42 Å². The van der Waals surface area contributed by atoms with E-state index in [9.17, 15) is 13.2 Å². The van der Waals surface area contributed by atoms with E-state index in [0.29, 0.717) is 11.5 Å². The van der Waals surface area contributed by atoms with Crippen molar-refractivity contribution in [1.82, 2.24) is 9.69 Å². The van der Waals surface area contributed by atoms with E-state index in [4.69, 9.17) is 5.73 Å². The smallest absolute Gasteiger partial charge is 0.239 e. The first kappa shape index (κ1) is 14.7. The fraction of sp³-hybridized carbons (Fsp3) is 0.556. The van der Waals surface area contributed by atoms with Crippen LogP contribution in [0.4, 0.5) is 10.8 Å². The van der Waals surface area contributed by atoms with Gasteiger partial charge in [-0.05, 0) is 18.5 Å². The number of rotatable bonds is 5. The van der Waals surface area contributed by atoms with Crippen LogP contribution in [-0.4, -0.2) is 45.1 Å². The van der Waals surface area contributed by atoms with Gasteiger partial charge in [-0.1, -0.05) is 0 Å². The molecule has 9 heteroatoms. The summed E-state index contributed by atoms with van der Waals surface area (Å²) in [5, 5.41) is 3.01. The van der Waals surface area contributed by atoms with Crippen LogP contribution in [0.15, 0.2) is 4.90 Å². The van der Waals surface area contributed by atoms with Gasteiger partial charge in [0, 0.05) is 19.8 Å². The van der Waals surface area contributed by atoms with Gasteiger partial charge in [0.1, 0.15) is 9.90 Å². The van der Waals surface area contributed by atoms with Crippen molar-refractivity contribution in [1.29, 1.82) is 0 Å². The molecule has 1 aromatic rings. The van der Waals surface area contributed by atoms with Gasteiger partial charge < -0.3 is 16.0 Å². The SMILES string of the molecule is CCNC(=O)CN(C)c1snc(N)c1S(C)(=O)=O. The second-order valence-corrected chi connectivity index (χ2v) is 6.49. The second kappa shape index (κ2) is 5.53. The minimum Gasteiger partial charge on any atom is -0.382 e. The molecular formula is C9H16N4O3S2. The van der Waals surface area contributed by atoms with E-state index < -0.39 is 9.84 Å². The van der Waals surface area contributed by atoms with Crippen molar-refractivity contribution in [3.05, 3.63) is 0 Å². The Balaban J connectivity index is 3.01. The Morgan fingerprint density at radius 3 is 2.67 bits per heavy atom. The number of nitrogens with two attached hydrogens (primary N) is 1. The first-order valence-electron chi connectivity index (χ1n) is 5.20. The largest absolute Gasteiger partial charge is 0.382 e. The molecule has 7 nitrogen and oxygen atoms in total. The van der Waals surface area contributed by atoms with E-state index in [1.165, 1.54) is 4.90 Å². The van der Waals surface area contributed by atoms with Crippen LogP contribution in [-0.2, 0) is 14.6 Å². The maximum Gasteiger partial charge on any atom is 0.239 e. The highest BCUT2D eigenvalue weighted by Crippen LogP contribution is 2.33. The van der Waals surface area contributed by atoms with Crippen LogP contribution in [0.25, 0.3) is 0 Å². The number of carbonyl (C=O) groups is 1. The molecular weight excluding hydrogens is 276 g/mol. The minimum atomic E-state index is -3.46. The molecule has 0 unspecified atom stereocenters. The van der Waals surface area contributed by atoms with Crippen LogP contribution in [0, 0.1) is 0 Å². The highest BCUT2D eigenvalue weighted by atomic mass is 32.2. The van der Waals surface area contributed by atoms with E-state index in [0.717, 1.165) is 17.8 Å². The maximum absolute atomic E-state index is 11.6. The first-order valence-corrected chi connectivity index (χ1v) is 7.86. The third-order valence-electron chi connectivity index (χ3n) is 2.13. The molecule has 0 fully saturated rings. The predicted octanol–water partition coefficient (Wildman–Crippen LogP) is -0.299. The van der Waals surface area contributed by atoms with Crippen molar-refractivity contribution >= 4 is 38.1 Å². The number of nitrogens with zero attached hydrogens (tertiary/aromatic N) is 2. The molecule has 0 atom stereocenters. The molecule has 0 radical (unpaired) electrons. The zero-order valence-corrected chi connectivity index (χ0v) is 12.1. The molecule has 102 valence electrons. The lowest BCUT2D eigenvalue weighted by Gasteiger charge is -2.17. The van der Waals surface area contributed by atoms with Gasteiger partial charge in [-0.2, -0.15) is 4.37 Å². The van der Waals surface area contributed by atoms with Crippen molar-refractivity contribution < 1.29 is 13.2 Å². The number of hydrogen-bond donors (Lipinski definition) is 2. The number of sulfone groups is 1. The van der Waals surface area contributed by atoms with E-state index in [-0.39, 0.29) is 23.2 Å². The normalized spacial score (nSPS) is 11.3. The van der Waals surface area contributed by atoms with E-state index in [1.54, 1.807) is 7.05 Å². The van der Waals surface area contributed by atoms with Crippen LogP contribution in [0.1, 0.15) is 6.92 Å². The number of nitrogen functional groups attached to an aromatic ring is 1. The Kier molecular flexibility index (Phi) is 4.52. The number of likely N-dealkylation sites (N-methyl/N-ethyl adjacent to an activating group) is 2. The molecule has 0 spiro atoms. The molecule has 0 saturated carbocycles. The standard InChI is InChI=1S/C9H16N4O3S2/c1-4-11-6(14)5-13(2)9-7(18(3,15)16)8(10)12-17-9/h4-5H2,1-3H3,(H2,10,12)(H,11,14). The molecule has 0 aliphatic carbocycles. The molecule has 0 aliphatic heterocycles. The molecule has 18 heavy (non-hydrogen) atoms. The van der Waals surface area contributed by atoms with Gasteiger partial charge in [-0.3, -0.25) is 4.79 Å². The second-order valence-electron chi connectivity index (χ2n) is 3.78. The van der Waals surface area contributed by atoms with E-state index >= 15 is 0 Å². The minimum absolute atomic E-state index is 0.0145. The van der Waals surface area contributed by atoms with Crippen LogP contribution in [0.2, 0.25) is 0 Å². The first-order chi connectivity index (χ1) is 8.27. The quantitative estimate of drug-likeness (QED) is 0.772. The summed E-state index contributed by atoms with van der Waals surface area (Å²) in [6.45, 7) is 2.39. The molecule has 0 aromatic carbocycles. The Morgan fingerprint density at radius 1 is 1.56 bits per heavy atom. The molecule has 0 aliphatic rings. The number of nitrogens with one attached hydrogen (secondary N) is 1. The van der Waals surface area contributed by atoms with Gasteiger partial charge >= 0.3 is 0 Å². The lowest BCUT2D eigenvalue weighted by Crippen LogP contribution is -2.35. The van der Waals surface area contributed by atoms with Crippen molar-refractivity contribution in [2.24, 2.45) is 0 Å². The highest BCUT2D eigenvalue weighted by Gasteiger charge is 2.24. The van der Waals surface area contributed by atoms with Crippen LogP contribution >= 0.6 is 11.5 Å². The molecule has 1 amide bonds. The van der Waals surface area contributed by atoms with Gasteiger partial charge in [0.05, 0.1) is 6.54 Å². The Morgan fingerprint density at radius 2 is 2.17 bits per heavy atom. The number of anilines is 2. The zero-order valence-electron chi connectivity index (χ0n) is 10.4. The molecule has 1 heterocycles. The summed E-state index contributed by atoms with van der Waals surface area (Å²) in [7, 11) is -1.84. The third-order valence-corrected chi connectivity index (χ3v) is 4.38. The summed E-state index contributed by atoms with van der Waals surface area (Å²) < 4.78 is 27.0. The number of amides is 1. The van der Waals surface area contributed by atoms with E-state index in [1.807, 2.05) is 6.92 Å². The molecule has 1 rings (SSSR count). The summed E-state index contributed by atoms with van der Waals surface area (Å²) in [6, 6.07) is 0. The summed E-state index contributed by atoms with van der Waals surface area (Å²) in [5.74, 6) is -0.216. The lowest BCUT2D eigenvalue weighted by atomic mass is 10.5. The van der Waals surface area contributed by atoms with Crippen LogP contribution < -0.4 is 16.0 Å². The summed E-state index contributed by atoms with van der Waals surface area (Å²) >= 11 is 0.963. The Labute approximate surface area is 110 Å². The van der Waals surface area contributed by atoms with Gasteiger partial charge in [-0.15, -0.1) is 0 Å². The van der Waals surface area contributed by atoms with Gasteiger partial charge in [0.2, 0.25) is 5.91 Å². The van der Waals surface area contributed by atoms with Crippen molar-refractivity contribution in [3.63, 3.8) is 0 Å². The zero-order chi connectivity index (χ0) is 13.9. The number of hydrogen-bond acceptors (Lipinski definition) is 7. The van der Waals surface area contributed by atoms with Gasteiger partial charge in [0.25, 0.3) is 0 Å². The average molecular weight is 292 g/mol. The highest BCUT2D eigenvalue weighted by molar-refractivity contribution is 7.91. The maximum atomic E-state index is 11.6. The lowest BCUT2D eigenvalue weighted by molar-refractivity contribution is -0.119. The third kappa shape index (κ3) is 3.33. The number of aromatic nitrogens is 1. The van der Waals surface area contributed by atoms with E-state index in [2.05, 4.69) is 9.69 Å². The van der Waals surface area contributed by atoms with Crippen LogP contribution in [0.5, 0.6) is 0 Å². The molecule has 0 bridgehead atoms. The molecule has 0 saturated heterocycles. The average Bonchev–Trinajstić information content (AvgIpc) is 2.59. The monoisotopic (exact) mass is 292 g/mol. The molecule has 1 aromatic heterocycles. The van der Waals surface area contributed by atoms with Gasteiger partial charge in [0.15, 0.2) is 15.7 Å². The summed E-state index contributed by atoms with van der Waals surface area (Å²) in [4.78, 5) is 13.0. The predicted molar refractivity (Wildman–Crippen MR) is 71.6 cm³/mol. The van der Waals surface area contributed by atoms with Crippen molar-refractivity contribution in [2.75, 3.05) is 37.0 Å². The van der Waals surface area contributed by atoms with Crippen LogP contribution in [0.3, 0.4) is 0 Å². The van der Waals surface area contributed by atoms with Crippen molar-refractivity contribution in [2.45, 2.75) is 11.8 Å².